The highest BCUT2D eigenvalue weighted by Crippen LogP contribution is 2.19. The van der Waals surface area contributed by atoms with Gasteiger partial charge in [-0.2, -0.15) is 0 Å². The van der Waals surface area contributed by atoms with Crippen LogP contribution in [0.5, 0.6) is 0 Å². The minimum Gasteiger partial charge on any atom is -0.394 e. The van der Waals surface area contributed by atoms with Gasteiger partial charge in [-0.1, -0.05) is 13.8 Å². The van der Waals surface area contributed by atoms with E-state index in [1.807, 2.05) is 0 Å². The molecule has 0 rings (SSSR count). The van der Waals surface area contributed by atoms with Crippen LogP contribution in [0, 0.1) is 5.92 Å². The van der Waals surface area contributed by atoms with Crippen LogP contribution < -0.4 is 0 Å². The van der Waals surface area contributed by atoms with E-state index in [1.165, 1.54) is 6.42 Å². The quantitative estimate of drug-likeness (QED) is 0.669. The van der Waals surface area contributed by atoms with Gasteiger partial charge < -0.3 is 9.84 Å². The summed E-state index contributed by atoms with van der Waals surface area (Å²) in [6.07, 6.45) is 2.24. The Morgan fingerprint density at radius 1 is 1.33 bits per heavy atom. The summed E-state index contributed by atoms with van der Waals surface area (Å²) in [5.74, 6) is 0.724. The molecule has 1 N–H and O–H groups in total. The molecule has 0 aliphatic carbocycles. The molecular weight excluding hydrogens is 152 g/mol. The molecule has 2 heteroatoms. The molecule has 0 saturated carbocycles. The second-order valence-electron chi connectivity index (χ2n) is 4.26. The fraction of sp³-hybridized carbons (Fsp3) is 1.00. The number of rotatable bonds is 6. The Hall–Kier alpha value is -0.0800. The summed E-state index contributed by atoms with van der Waals surface area (Å²) in [6, 6.07) is 0. The summed E-state index contributed by atoms with van der Waals surface area (Å²) < 4.78 is 5.48. The highest BCUT2D eigenvalue weighted by Gasteiger charge is 2.17. The maximum atomic E-state index is 8.58. The van der Waals surface area contributed by atoms with Crippen molar-refractivity contribution in [1.82, 2.24) is 0 Å². The van der Waals surface area contributed by atoms with E-state index >= 15 is 0 Å². The van der Waals surface area contributed by atoms with E-state index in [0.29, 0.717) is 6.61 Å². The van der Waals surface area contributed by atoms with Crippen LogP contribution >= 0.6 is 0 Å². The summed E-state index contributed by atoms with van der Waals surface area (Å²) in [7, 11) is 0. The zero-order valence-corrected chi connectivity index (χ0v) is 8.76. The van der Waals surface area contributed by atoms with Crippen molar-refractivity contribution in [2.45, 2.75) is 46.1 Å². The van der Waals surface area contributed by atoms with Crippen LogP contribution in [0.3, 0.4) is 0 Å². The number of ether oxygens (including phenoxy) is 1. The van der Waals surface area contributed by atoms with Gasteiger partial charge in [0.25, 0.3) is 0 Å². The molecule has 0 saturated heterocycles. The average molecular weight is 174 g/mol. The normalized spacial score (nSPS) is 12.5. The van der Waals surface area contributed by atoms with E-state index in [2.05, 4.69) is 27.7 Å². The van der Waals surface area contributed by atoms with Gasteiger partial charge in [0.2, 0.25) is 0 Å². The van der Waals surface area contributed by atoms with Crippen molar-refractivity contribution in [3.63, 3.8) is 0 Å². The van der Waals surface area contributed by atoms with E-state index in [-0.39, 0.29) is 12.2 Å². The summed E-state index contributed by atoms with van der Waals surface area (Å²) in [6.45, 7) is 9.14. The van der Waals surface area contributed by atoms with Crippen molar-refractivity contribution in [2.75, 3.05) is 13.2 Å². The first-order valence-corrected chi connectivity index (χ1v) is 4.73. The SMILES string of the molecule is CC(C)CCC(C)(C)OCCO. The average Bonchev–Trinajstić information content (AvgIpc) is 1.98. The Bertz CT molecular complexity index is 108. The van der Waals surface area contributed by atoms with E-state index in [4.69, 9.17) is 9.84 Å². The Balaban J connectivity index is 3.56. The Kier molecular flexibility index (Phi) is 5.51. The predicted molar refractivity (Wildman–Crippen MR) is 51.2 cm³/mol. The Morgan fingerprint density at radius 3 is 2.33 bits per heavy atom. The molecule has 0 amide bonds. The third-order valence-electron chi connectivity index (χ3n) is 1.91. The number of hydrogen-bond acceptors (Lipinski definition) is 2. The monoisotopic (exact) mass is 174 g/mol. The zero-order valence-electron chi connectivity index (χ0n) is 8.76. The van der Waals surface area contributed by atoms with Crippen LogP contribution in [0.4, 0.5) is 0 Å². The molecule has 2 nitrogen and oxygen atoms in total. The molecule has 0 heterocycles. The Morgan fingerprint density at radius 2 is 1.92 bits per heavy atom. The van der Waals surface area contributed by atoms with Crippen molar-refractivity contribution < 1.29 is 9.84 Å². The molecule has 0 fully saturated rings. The lowest BCUT2D eigenvalue weighted by atomic mass is 9.97. The molecule has 0 aromatic carbocycles. The van der Waals surface area contributed by atoms with Gasteiger partial charge in [0.05, 0.1) is 18.8 Å². The first-order chi connectivity index (χ1) is 5.48. The van der Waals surface area contributed by atoms with Crippen molar-refractivity contribution in [2.24, 2.45) is 5.92 Å². The maximum Gasteiger partial charge on any atom is 0.0704 e. The second kappa shape index (κ2) is 5.55. The standard InChI is InChI=1S/C10H22O2/c1-9(2)5-6-10(3,4)12-8-7-11/h9,11H,5-8H2,1-4H3. The summed E-state index contributed by atoms with van der Waals surface area (Å²) in [5, 5.41) is 8.58. The first-order valence-electron chi connectivity index (χ1n) is 4.73. The lowest BCUT2D eigenvalue weighted by Crippen LogP contribution is -2.26. The van der Waals surface area contributed by atoms with Crippen molar-refractivity contribution in [1.29, 1.82) is 0 Å². The number of hydrogen-bond donors (Lipinski definition) is 1. The minimum atomic E-state index is -0.0764. The first kappa shape index (κ1) is 11.9. The van der Waals surface area contributed by atoms with Gasteiger partial charge >= 0.3 is 0 Å². The molecule has 0 aromatic rings. The number of aliphatic hydroxyl groups is 1. The molecule has 74 valence electrons. The fourth-order valence-corrected chi connectivity index (χ4v) is 1.03. The van der Waals surface area contributed by atoms with Crippen molar-refractivity contribution in [3.8, 4) is 0 Å². The predicted octanol–water partition coefficient (Wildman–Crippen LogP) is 2.21. The van der Waals surface area contributed by atoms with E-state index < -0.39 is 0 Å². The molecule has 0 aliphatic heterocycles. The molecule has 0 unspecified atom stereocenters. The summed E-state index contributed by atoms with van der Waals surface area (Å²) >= 11 is 0. The smallest absolute Gasteiger partial charge is 0.0704 e. The van der Waals surface area contributed by atoms with Crippen LogP contribution in [-0.2, 0) is 4.74 Å². The van der Waals surface area contributed by atoms with Crippen molar-refractivity contribution >= 4 is 0 Å². The molecular formula is C10H22O2. The van der Waals surface area contributed by atoms with E-state index in [1.54, 1.807) is 0 Å². The molecule has 0 radical (unpaired) electrons. The topological polar surface area (TPSA) is 29.5 Å². The van der Waals surface area contributed by atoms with Crippen LogP contribution in [0.2, 0.25) is 0 Å². The van der Waals surface area contributed by atoms with E-state index in [0.717, 1.165) is 12.3 Å². The van der Waals surface area contributed by atoms with E-state index in [9.17, 15) is 0 Å². The zero-order chi connectivity index (χ0) is 9.61. The highest BCUT2D eigenvalue weighted by atomic mass is 16.5. The molecule has 0 aromatic heterocycles. The molecule has 0 spiro atoms. The number of aliphatic hydroxyl groups excluding tert-OH is 1. The van der Waals surface area contributed by atoms with Gasteiger partial charge in [-0.05, 0) is 32.6 Å². The summed E-state index contributed by atoms with van der Waals surface area (Å²) in [5.41, 5.74) is -0.0764. The third kappa shape index (κ3) is 6.62. The second-order valence-corrected chi connectivity index (χ2v) is 4.26. The van der Waals surface area contributed by atoms with Crippen LogP contribution in [-0.4, -0.2) is 23.9 Å². The minimum absolute atomic E-state index is 0.0764. The fourth-order valence-electron chi connectivity index (χ4n) is 1.03. The van der Waals surface area contributed by atoms with Gasteiger partial charge in [-0.25, -0.2) is 0 Å². The van der Waals surface area contributed by atoms with Crippen molar-refractivity contribution in [3.05, 3.63) is 0 Å². The van der Waals surface area contributed by atoms with Gasteiger partial charge in [0.1, 0.15) is 0 Å². The Labute approximate surface area is 75.9 Å². The van der Waals surface area contributed by atoms with Gasteiger partial charge in [0.15, 0.2) is 0 Å². The molecule has 0 atom stereocenters. The summed E-state index contributed by atoms with van der Waals surface area (Å²) in [4.78, 5) is 0. The molecule has 0 aliphatic rings. The van der Waals surface area contributed by atoms with Gasteiger partial charge in [0, 0.05) is 0 Å². The van der Waals surface area contributed by atoms with Crippen LogP contribution in [0.1, 0.15) is 40.5 Å². The maximum absolute atomic E-state index is 8.58. The third-order valence-corrected chi connectivity index (χ3v) is 1.91. The molecule has 12 heavy (non-hydrogen) atoms. The largest absolute Gasteiger partial charge is 0.394 e. The van der Waals surface area contributed by atoms with Gasteiger partial charge in [-0.15, -0.1) is 0 Å². The molecule has 0 bridgehead atoms. The van der Waals surface area contributed by atoms with Crippen LogP contribution in [0.15, 0.2) is 0 Å². The highest BCUT2D eigenvalue weighted by molar-refractivity contribution is 4.69. The van der Waals surface area contributed by atoms with Gasteiger partial charge in [-0.3, -0.25) is 0 Å². The van der Waals surface area contributed by atoms with Crippen LogP contribution in [0.25, 0.3) is 0 Å². The lowest BCUT2D eigenvalue weighted by molar-refractivity contribution is -0.0407. The lowest BCUT2D eigenvalue weighted by Gasteiger charge is -2.25.